The van der Waals surface area contributed by atoms with Gasteiger partial charge in [0.1, 0.15) is 0 Å². The van der Waals surface area contributed by atoms with E-state index >= 15 is 0 Å². The molecule has 2 aromatic rings. The zero-order valence-electron chi connectivity index (χ0n) is 18.7. The Morgan fingerprint density at radius 1 is 0.625 bits per heavy atom. The Balaban J connectivity index is 1.39. The molecule has 6 nitrogen and oxygen atoms in total. The van der Waals surface area contributed by atoms with Crippen LogP contribution in [-0.4, -0.2) is 24.2 Å². The van der Waals surface area contributed by atoms with Crippen molar-refractivity contribution in [3.8, 4) is 0 Å². The van der Waals surface area contributed by atoms with Gasteiger partial charge in [-0.25, -0.2) is 10.9 Å². The summed E-state index contributed by atoms with van der Waals surface area (Å²) in [4.78, 5) is 23.5. The second kappa shape index (κ2) is 16.4. The van der Waals surface area contributed by atoms with Crippen molar-refractivity contribution < 1.29 is 9.59 Å². The van der Waals surface area contributed by atoms with Gasteiger partial charge in [0.25, 0.3) is 0 Å². The number of benzene rings is 2. The predicted molar refractivity (Wildman–Crippen MR) is 130 cm³/mol. The predicted octanol–water partition coefficient (Wildman–Crippen LogP) is 4.80. The van der Waals surface area contributed by atoms with E-state index in [0.29, 0.717) is 12.8 Å². The summed E-state index contributed by atoms with van der Waals surface area (Å²) in [6.07, 6.45) is 11.2. The SMILES string of the molecule is O=C(CCCCCCC(=O)N/N=C/CCc1ccccc1)N/N=C/CCc1ccccc1. The first-order chi connectivity index (χ1) is 15.7. The fraction of sp³-hybridized carbons (Fsp3) is 0.385. The van der Waals surface area contributed by atoms with Gasteiger partial charge in [-0.15, -0.1) is 0 Å². The van der Waals surface area contributed by atoms with Crippen LogP contribution in [0.4, 0.5) is 0 Å². The van der Waals surface area contributed by atoms with Crippen LogP contribution in [0.15, 0.2) is 70.9 Å². The van der Waals surface area contributed by atoms with E-state index in [0.717, 1.165) is 51.4 Å². The monoisotopic (exact) mass is 434 g/mol. The van der Waals surface area contributed by atoms with Gasteiger partial charge >= 0.3 is 0 Å². The van der Waals surface area contributed by atoms with Crippen LogP contribution in [0, 0.1) is 0 Å². The van der Waals surface area contributed by atoms with Crippen molar-refractivity contribution in [2.75, 3.05) is 0 Å². The summed E-state index contributed by atoms with van der Waals surface area (Å²) in [5, 5.41) is 7.99. The molecule has 0 heterocycles. The number of aryl methyl sites for hydroxylation is 2. The molecule has 0 radical (unpaired) electrons. The number of hydrogen-bond donors (Lipinski definition) is 2. The molecular weight excluding hydrogens is 400 g/mol. The molecule has 0 fully saturated rings. The average molecular weight is 435 g/mol. The number of unbranched alkanes of at least 4 members (excludes halogenated alkanes) is 3. The lowest BCUT2D eigenvalue weighted by Gasteiger charge is -2.02. The molecule has 0 bridgehead atoms. The smallest absolute Gasteiger partial charge is 0.240 e. The third-order valence-corrected chi connectivity index (χ3v) is 4.93. The highest BCUT2D eigenvalue weighted by molar-refractivity contribution is 5.77. The van der Waals surface area contributed by atoms with Crippen molar-refractivity contribution in [1.29, 1.82) is 0 Å². The average Bonchev–Trinajstić information content (AvgIpc) is 2.82. The quantitative estimate of drug-likeness (QED) is 0.240. The van der Waals surface area contributed by atoms with Crippen LogP contribution in [0.5, 0.6) is 0 Å². The van der Waals surface area contributed by atoms with Crippen LogP contribution in [-0.2, 0) is 22.4 Å². The zero-order chi connectivity index (χ0) is 22.7. The Morgan fingerprint density at radius 2 is 1.03 bits per heavy atom. The summed E-state index contributed by atoms with van der Waals surface area (Å²) in [6.45, 7) is 0. The second-order valence-electron chi connectivity index (χ2n) is 7.66. The molecule has 2 rings (SSSR count). The minimum atomic E-state index is -0.0662. The number of hydrazone groups is 2. The molecule has 0 saturated heterocycles. The third kappa shape index (κ3) is 12.4. The van der Waals surface area contributed by atoms with Crippen LogP contribution in [0.25, 0.3) is 0 Å². The van der Waals surface area contributed by atoms with Gasteiger partial charge in [-0.2, -0.15) is 10.2 Å². The van der Waals surface area contributed by atoms with E-state index in [1.54, 1.807) is 12.4 Å². The standard InChI is InChI=1S/C26H34N4O2/c31-25(29-27-21-11-17-23-13-5-3-6-14-23)19-9-1-2-10-20-26(32)30-28-22-12-18-24-15-7-4-8-16-24/h3-8,13-16,21-22H,1-2,9-12,17-20H2,(H,29,31)(H,30,32)/b27-21+,28-22+. The van der Waals surface area contributed by atoms with Gasteiger partial charge in [0.2, 0.25) is 11.8 Å². The molecule has 2 aromatic carbocycles. The Labute approximate surface area is 191 Å². The fourth-order valence-corrected chi connectivity index (χ4v) is 3.15. The molecular formula is C26H34N4O2. The topological polar surface area (TPSA) is 82.9 Å². The molecule has 6 heteroatoms. The van der Waals surface area contributed by atoms with E-state index in [-0.39, 0.29) is 11.8 Å². The summed E-state index contributed by atoms with van der Waals surface area (Å²) in [7, 11) is 0. The van der Waals surface area contributed by atoms with E-state index in [1.165, 1.54) is 11.1 Å². The number of hydrogen-bond acceptors (Lipinski definition) is 4. The van der Waals surface area contributed by atoms with Gasteiger partial charge in [-0.3, -0.25) is 9.59 Å². The summed E-state index contributed by atoms with van der Waals surface area (Å²) in [6, 6.07) is 20.4. The first kappa shape index (κ1) is 25.0. The zero-order valence-corrected chi connectivity index (χ0v) is 18.7. The highest BCUT2D eigenvalue weighted by Crippen LogP contribution is 2.06. The summed E-state index contributed by atoms with van der Waals surface area (Å²) < 4.78 is 0. The molecule has 0 aliphatic rings. The van der Waals surface area contributed by atoms with Gasteiger partial charge in [-0.1, -0.05) is 73.5 Å². The molecule has 2 amide bonds. The van der Waals surface area contributed by atoms with Gasteiger partial charge in [0.05, 0.1) is 0 Å². The summed E-state index contributed by atoms with van der Waals surface area (Å²) in [5.74, 6) is -0.132. The van der Waals surface area contributed by atoms with Crippen LogP contribution >= 0.6 is 0 Å². The van der Waals surface area contributed by atoms with E-state index < -0.39 is 0 Å². The Bertz CT molecular complexity index is 764. The largest absolute Gasteiger partial charge is 0.273 e. The number of amides is 2. The Kier molecular flexibility index (Phi) is 12.8. The summed E-state index contributed by atoms with van der Waals surface area (Å²) in [5.41, 5.74) is 7.66. The van der Waals surface area contributed by atoms with Crippen molar-refractivity contribution >= 4 is 24.2 Å². The molecule has 0 aromatic heterocycles. The molecule has 2 N–H and O–H groups in total. The lowest BCUT2D eigenvalue weighted by atomic mass is 10.1. The first-order valence-electron chi connectivity index (χ1n) is 11.4. The Morgan fingerprint density at radius 3 is 1.44 bits per heavy atom. The van der Waals surface area contributed by atoms with E-state index in [1.807, 2.05) is 36.4 Å². The third-order valence-electron chi connectivity index (χ3n) is 4.93. The van der Waals surface area contributed by atoms with Crippen molar-refractivity contribution in [3.05, 3.63) is 71.8 Å². The van der Waals surface area contributed by atoms with Crippen LogP contribution in [0.3, 0.4) is 0 Å². The molecule has 0 atom stereocenters. The lowest BCUT2D eigenvalue weighted by molar-refractivity contribution is -0.122. The molecule has 0 unspecified atom stereocenters. The van der Waals surface area contributed by atoms with Crippen LogP contribution in [0.1, 0.15) is 62.5 Å². The highest BCUT2D eigenvalue weighted by Gasteiger charge is 2.02. The summed E-state index contributed by atoms with van der Waals surface area (Å²) >= 11 is 0. The second-order valence-corrected chi connectivity index (χ2v) is 7.66. The van der Waals surface area contributed by atoms with Gasteiger partial charge in [0.15, 0.2) is 0 Å². The van der Waals surface area contributed by atoms with E-state index in [9.17, 15) is 9.59 Å². The number of nitrogens with one attached hydrogen (secondary N) is 2. The number of carbonyl (C=O) groups is 2. The maximum absolute atomic E-state index is 11.8. The number of rotatable bonds is 15. The normalized spacial score (nSPS) is 11.1. The van der Waals surface area contributed by atoms with Crippen LogP contribution < -0.4 is 10.9 Å². The minimum Gasteiger partial charge on any atom is -0.273 e. The lowest BCUT2D eigenvalue weighted by Crippen LogP contribution is -2.17. The van der Waals surface area contributed by atoms with Crippen molar-refractivity contribution in [3.63, 3.8) is 0 Å². The molecule has 0 spiro atoms. The minimum absolute atomic E-state index is 0.0662. The van der Waals surface area contributed by atoms with Crippen LogP contribution in [0.2, 0.25) is 0 Å². The van der Waals surface area contributed by atoms with Crippen molar-refractivity contribution in [1.82, 2.24) is 10.9 Å². The maximum atomic E-state index is 11.8. The molecule has 0 saturated carbocycles. The van der Waals surface area contributed by atoms with E-state index in [4.69, 9.17) is 0 Å². The van der Waals surface area contributed by atoms with Gasteiger partial charge in [0, 0.05) is 25.3 Å². The maximum Gasteiger partial charge on any atom is 0.240 e. The molecule has 32 heavy (non-hydrogen) atoms. The van der Waals surface area contributed by atoms with Gasteiger partial charge < -0.3 is 0 Å². The number of nitrogens with zero attached hydrogens (tertiary/aromatic N) is 2. The highest BCUT2D eigenvalue weighted by atomic mass is 16.2. The Hall–Kier alpha value is -3.28. The molecule has 0 aliphatic carbocycles. The molecule has 170 valence electrons. The number of carbonyl (C=O) groups excluding carboxylic acids is 2. The molecule has 0 aliphatic heterocycles. The fourth-order valence-electron chi connectivity index (χ4n) is 3.15. The van der Waals surface area contributed by atoms with Crippen molar-refractivity contribution in [2.45, 2.75) is 64.2 Å². The van der Waals surface area contributed by atoms with Gasteiger partial charge in [-0.05, 0) is 49.7 Å². The first-order valence-corrected chi connectivity index (χ1v) is 11.4. The van der Waals surface area contributed by atoms with E-state index in [2.05, 4.69) is 45.3 Å². The van der Waals surface area contributed by atoms with Crippen molar-refractivity contribution in [2.24, 2.45) is 10.2 Å².